The Labute approximate surface area is 132 Å². The molecule has 2 aromatic carbocycles. The third-order valence-electron chi connectivity index (χ3n) is 5.24. The van der Waals surface area contributed by atoms with E-state index in [2.05, 4.69) is 36.4 Å². The summed E-state index contributed by atoms with van der Waals surface area (Å²) in [4.78, 5) is 12.4. The zero-order chi connectivity index (χ0) is 14.9. The summed E-state index contributed by atoms with van der Waals surface area (Å²) in [5.41, 5.74) is 8.25. The minimum absolute atomic E-state index is 0.365. The van der Waals surface area contributed by atoms with Crippen LogP contribution in [0.3, 0.4) is 0 Å². The first kappa shape index (κ1) is 13.8. The standard InChI is InChI=1S/C21H22O/c22-21-12-6-11-18-19(13-15-7-2-1-3-8-15)17-10-5-4-9-16(17)14-20(18)21/h1-3,7-8,14H,4-6,9-13H2. The van der Waals surface area contributed by atoms with Gasteiger partial charge in [-0.15, -0.1) is 0 Å². The number of hydrogen-bond acceptors (Lipinski definition) is 1. The van der Waals surface area contributed by atoms with Crippen molar-refractivity contribution in [1.29, 1.82) is 0 Å². The molecule has 2 aromatic rings. The molecule has 0 saturated carbocycles. The van der Waals surface area contributed by atoms with Crippen molar-refractivity contribution in [3.8, 4) is 0 Å². The van der Waals surface area contributed by atoms with Crippen molar-refractivity contribution in [2.75, 3.05) is 0 Å². The van der Waals surface area contributed by atoms with Crippen molar-refractivity contribution in [2.24, 2.45) is 0 Å². The lowest BCUT2D eigenvalue weighted by atomic mass is 9.77. The van der Waals surface area contributed by atoms with E-state index in [1.807, 2.05) is 0 Å². The molecule has 0 bridgehead atoms. The lowest BCUT2D eigenvalue weighted by molar-refractivity contribution is 0.0972. The molecule has 0 N–H and O–H groups in total. The minimum Gasteiger partial charge on any atom is -0.294 e. The van der Waals surface area contributed by atoms with Crippen molar-refractivity contribution >= 4 is 5.78 Å². The summed E-state index contributed by atoms with van der Waals surface area (Å²) in [6, 6.07) is 13.0. The molecule has 2 aliphatic carbocycles. The lowest BCUT2D eigenvalue weighted by Gasteiger charge is -2.27. The second-order valence-corrected chi connectivity index (χ2v) is 6.67. The topological polar surface area (TPSA) is 17.1 Å². The van der Waals surface area contributed by atoms with Gasteiger partial charge in [0.2, 0.25) is 0 Å². The zero-order valence-corrected chi connectivity index (χ0v) is 13.0. The van der Waals surface area contributed by atoms with Crippen LogP contribution in [0.25, 0.3) is 0 Å². The molecule has 0 heterocycles. The Hall–Kier alpha value is -1.89. The fourth-order valence-corrected chi connectivity index (χ4v) is 4.15. The minimum atomic E-state index is 0.365. The summed E-state index contributed by atoms with van der Waals surface area (Å²) in [7, 11) is 0. The number of ketones is 1. The van der Waals surface area contributed by atoms with E-state index in [1.165, 1.54) is 41.5 Å². The molecule has 0 fully saturated rings. The Morgan fingerprint density at radius 1 is 0.818 bits per heavy atom. The fourth-order valence-electron chi connectivity index (χ4n) is 4.15. The van der Waals surface area contributed by atoms with Crippen molar-refractivity contribution in [1.82, 2.24) is 0 Å². The molecular formula is C21H22O. The maximum Gasteiger partial charge on any atom is 0.163 e. The molecule has 0 aliphatic heterocycles. The average molecular weight is 290 g/mol. The average Bonchev–Trinajstić information content (AvgIpc) is 2.57. The molecule has 0 unspecified atom stereocenters. The van der Waals surface area contributed by atoms with Gasteiger partial charge in [0.1, 0.15) is 0 Å². The van der Waals surface area contributed by atoms with Crippen LogP contribution in [-0.4, -0.2) is 5.78 Å². The van der Waals surface area contributed by atoms with Crippen molar-refractivity contribution < 1.29 is 4.79 Å². The highest BCUT2D eigenvalue weighted by molar-refractivity contribution is 5.99. The molecule has 22 heavy (non-hydrogen) atoms. The maximum absolute atomic E-state index is 12.4. The Balaban J connectivity index is 1.87. The van der Waals surface area contributed by atoms with Crippen LogP contribution >= 0.6 is 0 Å². The van der Waals surface area contributed by atoms with Crippen molar-refractivity contribution in [3.63, 3.8) is 0 Å². The fraction of sp³-hybridized carbons (Fsp3) is 0.381. The second kappa shape index (κ2) is 5.72. The summed E-state index contributed by atoms with van der Waals surface area (Å²) >= 11 is 0. The first-order valence-electron chi connectivity index (χ1n) is 8.56. The Bertz CT molecular complexity index is 712. The molecule has 1 heteroatoms. The molecule has 1 nitrogen and oxygen atoms in total. The zero-order valence-electron chi connectivity index (χ0n) is 13.0. The van der Waals surface area contributed by atoms with Crippen LogP contribution in [-0.2, 0) is 25.7 Å². The van der Waals surface area contributed by atoms with Crippen molar-refractivity contribution in [3.05, 3.63) is 69.8 Å². The smallest absolute Gasteiger partial charge is 0.163 e. The first-order chi connectivity index (χ1) is 10.8. The lowest BCUT2D eigenvalue weighted by Crippen LogP contribution is -2.18. The molecule has 2 aliphatic rings. The van der Waals surface area contributed by atoms with Gasteiger partial charge in [0.05, 0.1) is 0 Å². The summed E-state index contributed by atoms with van der Waals surface area (Å²) in [5.74, 6) is 0.365. The molecule has 0 amide bonds. The number of aryl methyl sites for hydroxylation is 1. The number of rotatable bonds is 2. The molecule has 0 atom stereocenters. The van der Waals surface area contributed by atoms with E-state index in [1.54, 1.807) is 5.56 Å². The monoisotopic (exact) mass is 290 g/mol. The van der Waals surface area contributed by atoms with Gasteiger partial charge in [0.15, 0.2) is 5.78 Å². The van der Waals surface area contributed by atoms with E-state index in [-0.39, 0.29) is 0 Å². The number of carbonyl (C=O) groups is 1. The van der Waals surface area contributed by atoms with Gasteiger partial charge in [-0.25, -0.2) is 0 Å². The number of carbonyl (C=O) groups excluding carboxylic acids is 1. The Kier molecular flexibility index (Phi) is 3.57. The first-order valence-corrected chi connectivity index (χ1v) is 8.56. The number of Topliss-reactive ketones (excluding diaryl/α,β-unsaturated/α-hetero) is 1. The van der Waals surface area contributed by atoms with E-state index in [4.69, 9.17) is 0 Å². The summed E-state index contributed by atoms with van der Waals surface area (Å²) < 4.78 is 0. The highest BCUT2D eigenvalue weighted by Crippen LogP contribution is 2.34. The summed E-state index contributed by atoms with van der Waals surface area (Å²) in [6.45, 7) is 0. The predicted molar refractivity (Wildman–Crippen MR) is 89.6 cm³/mol. The van der Waals surface area contributed by atoms with Crippen LogP contribution in [0.5, 0.6) is 0 Å². The van der Waals surface area contributed by atoms with Gasteiger partial charge in [-0.1, -0.05) is 30.3 Å². The largest absolute Gasteiger partial charge is 0.294 e. The Morgan fingerprint density at radius 2 is 1.59 bits per heavy atom. The van der Waals surface area contributed by atoms with E-state index in [9.17, 15) is 4.79 Å². The van der Waals surface area contributed by atoms with Crippen LogP contribution < -0.4 is 0 Å². The molecule has 0 saturated heterocycles. The molecule has 4 rings (SSSR count). The van der Waals surface area contributed by atoms with Crippen LogP contribution in [0.4, 0.5) is 0 Å². The predicted octanol–water partition coefficient (Wildman–Crippen LogP) is 4.68. The molecular weight excluding hydrogens is 268 g/mol. The van der Waals surface area contributed by atoms with E-state index < -0.39 is 0 Å². The quantitative estimate of drug-likeness (QED) is 0.785. The molecule has 0 radical (unpaired) electrons. The number of hydrogen-bond donors (Lipinski definition) is 0. The third-order valence-corrected chi connectivity index (χ3v) is 5.24. The number of fused-ring (bicyclic) bond motifs is 2. The van der Waals surface area contributed by atoms with Crippen LogP contribution in [0, 0.1) is 0 Å². The van der Waals surface area contributed by atoms with Gasteiger partial charge < -0.3 is 0 Å². The maximum atomic E-state index is 12.4. The van der Waals surface area contributed by atoms with E-state index in [0.29, 0.717) is 5.78 Å². The Morgan fingerprint density at radius 3 is 2.45 bits per heavy atom. The van der Waals surface area contributed by atoms with Crippen LogP contribution in [0.2, 0.25) is 0 Å². The third kappa shape index (κ3) is 2.39. The van der Waals surface area contributed by atoms with Gasteiger partial charge in [-0.3, -0.25) is 4.79 Å². The van der Waals surface area contributed by atoms with Crippen molar-refractivity contribution in [2.45, 2.75) is 51.4 Å². The van der Waals surface area contributed by atoms with Gasteiger partial charge in [0.25, 0.3) is 0 Å². The van der Waals surface area contributed by atoms with Crippen LogP contribution in [0.1, 0.15) is 63.9 Å². The second-order valence-electron chi connectivity index (χ2n) is 6.67. The van der Waals surface area contributed by atoms with E-state index in [0.717, 1.165) is 37.7 Å². The number of benzene rings is 2. The SMILES string of the molecule is O=C1CCCc2c1cc1c(c2Cc2ccccc2)CCCC1. The summed E-state index contributed by atoms with van der Waals surface area (Å²) in [6.07, 6.45) is 8.72. The van der Waals surface area contributed by atoms with Gasteiger partial charge in [0, 0.05) is 12.0 Å². The molecule has 0 aromatic heterocycles. The molecule has 0 spiro atoms. The highest BCUT2D eigenvalue weighted by atomic mass is 16.1. The molecule has 112 valence electrons. The highest BCUT2D eigenvalue weighted by Gasteiger charge is 2.25. The van der Waals surface area contributed by atoms with Gasteiger partial charge in [-0.2, -0.15) is 0 Å². The van der Waals surface area contributed by atoms with Gasteiger partial charge in [-0.05, 0) is 78.8 Å². The van der Waals surface area contributed by atoms with Gasteiger partial charge >= 0.3 is 0 Å². The summed E-state index contributed by atoms with van der Waals surface area (Å²) in [5, 5.41) is 0. The normalized spacial score (nSPS) is 17.0. The van der Waals surface area contributed by atoms with Crippen LogP contribution in [0.15, 0.2) is 36.4 Å². The van der Waals surface area contributed by atoms with E-state index >= 15 is 0 Å².